The lowest BCUT2D eigenvalue weighted by Gasteiger charge is -2.14. The van der Waals surface area contributed by atoms with E-state index in [1.165, 1.54) is 0 Å². The largest absolute Gasteiger partial charge is 0.492 e. The molecule has 106 valence electrons. The molecule has 1 aromatic heterocycles. The van der Waals surface area contributed by atoms with Crippen molar-refractivity contribution in [3.8, 4) is 5.75 Å². The minimum Gasteiger partial charge on any atom is -0.492 e. The van der Waals surface area contributed by atoms with Crippen LogP contribution in [0.25, 0.3) is 0 Å². The topological polar surface area (TPSA) is 42.4 Å². The first kappa shape index (κ1) is 15.0. The van der Waals surface area contributed by atoms with Crippen molar-refractivity contribution in [2.24, 2.45) is 0 Å². The Bertz CT molecular complexity index is 586. The van der Waals surface area contributed by atoms with Gasteiger partial charge in [-0.15, -0.1) is 0 Å². The van der Waals surface area contributed by atoms with E-state index in [1.54, 1.807) is 12.4 Å². The number of aliphatic hydroxyl groups is 1. The van der Waals surface area contributed by atoms with Gasteiger partial charge in [0.25, 0.3) is 0 Å². The molecule has 2 aromatic rings. The summed E-state index contributed by atoms with van der Waals surface area (Å²) in [7, 11) is 0. The van der Waals surface area contributed by atoms with Gasteiger partial charge < -0.3 is 9.84 Å². The first-order valence-electron chi connectivity index (χ1n) is 6.63. The number of nitrogens with zero attached hydrogens (tertiary/aromatic N) is 1. The van der Waals surface area contributed by atoms with E-state index in [9.17, 15) is 5.11 Å². The summed E-state index contributed by atoms with van der Waals surface area (Å²) in [6.45, 7) is 4.70. The van der Waals surface area contributed by atoms with Crippen LogP contribution < -0.4 is 4.74 Å². The molecule has 0 amide bonds. The number of benzene rings is 1. The Hall–Kier alpha value is -1.39. The summed E-state index contributed by atoms with van der Waals surface area (Å²) in [5, 5.41) is 10.4. The van der Waals surface area contributed by atoms with Crippen LogP contribution in [0, 0.1) is 6.92 Å². The Balaban J connectivity index is 2.23. The molecule has 20 heavy (non-hydrogen) atoms. The van der Waals surface area contributed by atoms with E-state index in [1.807, 2.05) is 31.2 Å². The van der Waals surface area contributed by atoms with Gasteiger partial charge in [0.15, 0.2) is 0 Å². The molecule has 0 aliphatic rings. The molecule has 0 aliphatic carbocycles. The van der Waals surface area contributed by atoms with Crippen LogP contribution in [0.4, 0.5) is 0 Å². The van der Waals surface area contributed by atoms with Gasteiger partial charge in [-0.1, -0.05) is 35.0 Å². The zero-order valence-corrected chi connectivity index (χ0v) is 13.2. The first-order valence-corrected chi connectivity index (χ1v) is 7.43. The Labute approximate surface area is 127 Å². The van der Waals surface area contributed by atoms with Crippen LogP contribution in [-0.4, -0.2) is 16.7 Å². The summed E-state index contributed by atoms with van der Waals surface area (Å²) in [4.78, 5) is 4.13. The summed E-state index contributed by atoms with van der Waals surface area (Å²) >= 11 is 3.46. The summed E-state index contributed by atoms with van der Waals surface area (Å²) in [5.74, 6) is 0.692. The maximum Gasteiger partial charge on any atom is 0.137 e. The fraction of sp³-hybridized carbons (Fsp3) is 0.312. The van der Waals surface area contributed by atoms with Crippen molar-refractivity contribution >= 4 is 15.9 Å². The molecule has 0 saturated heterocycles. The van der Waals surface area contributed by atoms with Crippen molar-refractivity contribution < 1.29 is 9.84 Å². The van der Waals surface area contributed by atoms with Crippen LogP contribution in [0.2, 0.25) is 0 Å². The number of pyridine rings is 1. The Morgan fingerprint density at radius 2 is 2.05 bits per heavy atom. The minimum absolute atomic E-state index is 0.651. The van der Waals surface area contributed by atoms with Crippen molar-refractivity contribution in [3.63, 3.8) is 0 Å². The summed E-state index contributed by atoms with van der Waals surface area (Å²) < 4.78 is 6.58. The van der Waals surface area contributed by atoms with Crippen molar-refractivity contribution in [2.75, 3.05) is 6.61 Å². The van der Waals surface area contributed by atoms with Crippen LogP contribution in [0.15, 0.2) is 41.1 Å². The van der Waals surface area contributed by atoms with Gasteiger partial charge in [0.2, 0.25) is 0 Å². The third-order valence-corrected chi connectivity index (χ3v) is 3.91. The number of hydrogen-bond donors (Lipinski definition) is 1. The second kappa shape index (κ2) is 6.86. The van der Waals surface area contributed by atoms with E-state index in [0.717, 1.165) is 27.6 Å². The van der Waals surface area contributed by atoms with Crippen LogP contribution >= 0.6 is 15.9 Å². The second-order valence-corrected chi connectivity index (χ2v) is 5.57. The van der Waals surface area contributed by atoms with Crippen LogP contribution in [-0.2, 0) is 0 Å². The number of aryl methyl sites for hydroxylation is 1. The van der Waals surface area contributed by atoms with Crippen LogP contribution in [0.5, 0.6) is 5.75 Å². The van der Waals surface area contributed by atoms with E-state index in [0.29, 0.717) is 12.4 Å². The number of ether oxygens (including phenoxy) is 1. The third kappa shape index (κ3) is 3.58. The van der Waals surface area contributed by atoms with Gasteiger partial charge in [0, 0.05) is 16.2 Å². The highest BCUT2D eigenvalue weighted by atomic mass is 79.9. The fourth-order valence-electron chi connectivity index (χ4n) is 1.91. The van der Waals surface area contributed by atoms with E-state index >= 15 is 0 Å². The SMILES string of the molecule is CCCOc1cncc(C(O)c2ccc(Br)c(C)c2)c1. The number of hydrogen-bond acceptors (Lipinski definition) is 3. The minimum atomic E-state index is -0.695. The van der Waals surface area contributed by atoms with E-state index in [-0.39, 0.29) is 0 Å². The smallest absolute Gasteiger partial charge is 0.137 e. The maximum atomic E-state index is 10.4. The van der Waals surface area contributed by atoms with Gasteiger partial charge in [0.05, 0.1) is 12.8 Å². The van der Waals surface area contributed by atoms with Crippen LogP contribution in [0.3, 0.4) is 0 Å². The molecule has 0 radical (unpaired) electrons. The molecule has 0 bridgehead atoms. The van der Waals surface area contributed by atoms with Gasteiger partial charge in [-0.3, -0.25) is 4.98 Å². The number of aliphatic hydroxyl groups excluding tert-OH is 1. The number of aromatic nitrogens is 1. The summed E-state index contributed by atoms with van der Waals surface area (Å²) in [6, 6.07) is 7.65. The van der Waals surface area contributed by atoms with Gasteiger partial charge >= 0.3 is 0 Å². The molecule has 1 atom stereocenters. The van der Waals surface area contributed by atoms with Gasteiger partial charge in [-0.05, 0) is 36.6 Å². The Kier molecular flexibility index (Phi) is 5.15. The predicted octanol–water partition coefficient (Wildman–Crippen LogP) is 4.02. The quantitative estimate of drug-likeness (QED) is 0.897. The summed E-state index contributed by atoms with van der Waals surface area (Å²) in [6.07, 6.45) is 3.58. The molecule has 3 nitrogen and oxygen atoms in total. The zero-order chi connectivity index (χ0) is 14.5. The lowest BCUT2D eigenvalue weighted by atomic mass is 10.0. The highest BCUT2D eigenvalue weighted by Crippen LogP contribution is 2.27. The van der Waals surface area contributed by atoms with Crippen molar-refractivity contribution in [3.05, 3.63) is 57.8 Å². The predicted molar refractivity (Wildman–Crippen MR) is 83.0 cm³/mol. The monoisotopic (exact) mass is 335 g/mol. The fourth-order valence-corrected chi connectivity index (χ4v) is 2.16. The van der Waals surface area contributed by atoms with Crippen molar-refractivity contribution in [2.45, 2.75) is 26.4 Å². The highest BCUT2D eigenvalue weighted by molar-refractivity contribution is 9.10. The van der Waals surface area contributed by atoms with Crippen molar-refractivity contribution in [1.29, 1.82) is 0 Å². The summed E-state index contributed by atoms with van der Waals surface area (Å²) in [5.41, 5.74) is 2.67. The van der Waals surface area contributed by atoms with Gasteiger partial charge in [-0.2, -0.15) is 0 Å². The average Bonchev–Trinajstić information content (AvgIpc) is 2.47. The first-order chi connectivity index (χ1) is 9.61. The van der Waals surface area contributed by atoms with Crippen molar-refractivity contribution in [1.82, 2.24) is 4.98 Å². The lowest BCUT2D eigenvalue weighted by Crippen LogP contribution is -2.02. The molecule has 1 unspecified atom stereocenters. The Morgan fingerprint density at radius 1 is 1.25 bits per heavy atom. The molecular formula is C16H18BrNO2. The molecule has 1 heterocycles. The number of halogens is 1. The maximum absolute atomic E-state index is 10.4. The lowest BCUT2D eigenvalue weighted by molar-refractivity contribution is 0.218. The third-order valence-electron chi connectivity index (χ3n) is 3.02. The van der Waals surface area contributed by atoms with Gasteiger partial charge in [-0.25, -0.2) is 0 Å². The van der Waals surface area contributed by atoms with E-state index in [4.69, 9.17) is 4.74 Å². The standard InChI is InChI=1S/C16H18BrNO2/c1-3-6-20-14-8-13(9-18-10-14)16(19)12-4-5-15(17)11(2)7-12/h4-5,7-10,16,19H,3,6H2,1-2H3. The molecule has 2 rings (SSSR count). The Morgan fingerprint density at radius 3 is 2.75 bits per heavy atom. The molecule has 1 N–H and O–H groups in total. The average molecular weight is 336 g/mol. The highest BCUT2D eigenvalue weighted by Gasteiger charge is 2.12. The van der Waals surface area contributed by atoms with Crippen LogP contribution in [0.1, 0.15) is 36.1 Å². The van der Waals surface area contributed by atoms with E-state index < -0.39 is 6.10 Å². The molecule has 0 aliphatic heterocycles. The normalized spacial score (nSPS) is 12.2. The molecular weight excluding hydrogens is 318 g/mol. The molecule has 0 fully saturated rings. The zero-order valence-electron chi connectivity index (χ0n) is 11.6. The van der Waals surface area contributed by atoms with Gasteiger partial charge in [0.1, 0.15) is 11.9 Å². The number of rotatable bonds is 5. The van der Waals surface area contributed by atoms with E-state index in [2.05, 4.69) is 27.8 Å². The molecule has 0 saturated carbocycles. The molecule has 4 heteroatoms. The second-order valence-electron chi connectivity index (χ2n) is 4.71. The molecule has 0 spiro atoms. The molecule has 1 aromatic carbocycles.